The Morgan fingerprint density at radius 1 is 1.54 bits per heavy atom. The van der Waals surface area contributed by atoms with Crippen molar-refractivity contribution in [2.75, 3.05) is 39.5 Å². The van der Waals surface area contributed by atoms with Gasteiger partial charge < -0.3 is 9.47 Å². The second-order valence-corrected chi connectivity index (χ2v) is 3.51. The molecule has 0 radical (unpaired) electrons. The molecular formula is C10H21NO2. The first-order valence-corrected chi connectivity index (χ1v) is 5.24. The van der Waals surface area contributed by atoms with E-state index < -0.39 is 0 Å². The van der Waals surface area contributed by atoms with Crippen molar-refractivity contribution in [2.24, 2.45) is 0 Å². The molecule has 1 aliphatic heterocycles. The third kappa shape index (κ3) is 4.07. The van der Waals surface area contributed by atoms with E-state index in [-0.39, 0.29) is 0 Å². The summed E-state index contributed by atoms with van der Waals surface area (Å²) in [6.45, 7) is 9.97. The molecule has 3 heteroatoms. The van der Waals surface area contributed by atoms with Crippen molar-refractivity contribution < 1.29 is 9.47 Å². The first-order chi connectivity index (χ1) is 6.34. The molecule has 0 spiro atoms. The van der Waals surface area contributed by atoms with Crippen LogP contribution in [0.5, 0.6) is 0 Å². The molecule has 1 rings (SSSR count). The molecule has 1 atom stereocenters. The molecule has 0 bridgehead atoms. The van der Waals surface area contributed by atoms with Crippen LogP contribution in [0, 0.1) is 0 Å². The normalized spacial score (nSPS) is 24.9. The summed E-state index contributed by atoms with van der Waals surface area (Å²) in [5.41, 5.74) is 0. The quantitative estimate of drug-likeness (QED) is 0.602. The van der Waals surface area contributed by atoms with Crippen molar-refractivity contribution in [2.45, 2.75) is 26.3 Å². The molecule has 1 aliphatic rings. The topological polar surface area (TPSA) is 21.7 Å². The number of rotatable bonds is 5. The summed E-state index contributed by atoms with van der Waals surface area (Å²) in [6, 6.07) is 0.579. The monoisotopic (exact) mass is 187 g/mol. The molecule has 0 aliphatic carbocycles. The smallest absolute Gasteiger partial charge is 0.0619 e. The van der Waals surface area contributed by atoms with Gasteiger partial charge in [-0.25, -0.2) is 0 Å². The Morgan fingerprint density at radius 3 is 3.08 bits per heavy atom. The van der Waals surface area contributed by atoms with Crippen LogP contribution in [0.25, 0.3) is 0 Å². The van der Waals surface area contributed by atoms with E-state index in [1.165, 1.54) is 0 Å². The zero-order valence-electron chi connectivity index (χ0n) is 8.79. The highest BCUT2D eigenvalue weighted by Crippen LogP contribution is 2.06. The Hall–Kier alpha value is -0.120. The molecule has 0 saturated carbocycles. The van der Waals surface area contributed by atoms with E-state index in [0.717, 1.165) is 45.9 Å². The minimum Gasteiger partial charge on any atom is -0.382 e. The Balaban J connectivity index is 2.05. The van der Waals surface area contributed by atoms with E-state index in [9.17, 15) is 0 Å². The molecule has 0 aromatic carbocycles. The lowest BCUT2D eigenvalue weighted by Crippen LogP contribution is -2.44. The maximum atomic E-state index is 5.37. The highest BCUT2D eigenvalue weighted by atomic mass is 16.5. The van der Waals surface area contributed by atoms with Crippen LogP contribution in [0.3, 0.4) is 0 Å². The van der Waals surface area contributed by atoms with Gasteiger partial charge in [-0.2, -0.15) is 0 Å². The zero-order valence-corrected chi connectivity index (χ0v) is 8.79. The molecule has 1 unspecified atom stereocenters. The molecule has 1 heterocycles. The van der Waals surface area contributed by atoms with Gasteiger partial charge in [0.25, 0.3) is 0 Å². The van der Waals surface area contributed by atoms with E-state index in [1.807, 2.05) is 6.92 Å². The predicted octanol–water partition coefficient (Wildman–Crippen LogP) is 1.13. The summed E-state index contributed by atoms with van der Waals surface area (Å²) in [4.78, 5) is 2.47. The van der Waals surface area contributed by atoms with Gasteiger partial charge in [-0.3, -0.25) is 4.90 Å². The Kier molecular flexibility index (Phi) is 5.35. The number of hydrogen-bond acceptors (Lipinski definition) is 3. The van der Waals surface area contributed by atoms with Gasteiger partial charge in [0, 0.05) is 32.3 Å². The van der Waals surface area contributed by atoms with Crippen molar-refractivity contribution in [1.29, 1.82) is 0 Å². The SMILES string of the molecule is CCOCCCN1CCOCC1C. The second-order valence-electron chi connectivity index (χ2n) is 3.51. The van der Waals surface area contributed by atoms with E-state index >= 15 is 0 Å². The van der Waals surface area contributed by atoms with Crippen LogP contribution in [0.4, 0.5) is 0 Å². The highest BCUT2D eigenvalue weighted by Gasteiger charge is 2.17. The fraction of sp³-hybridized carbons (Fsp3) is 1.00. The largest absolute Gasteiger partial charge is 0.382 e. The van der Waals surface area contributed by atoms with Crippen molar-refractivity contribution in [3.8, 4) is 0 Å². The minimum absolute atomic E-state index is 0.579. The molecule has 3 nitrogen and oxygen atoms in total. The number of morpholine rings is 1. The van der Waals surface area contributed by atoms with Crippen LogP contribution >= 0.6 is 0 Å². The van der Waals surface area contributed by atoms with Crippen molar-refractivity contribution in [1.82, 2.24) is 4.90 Å². The summed E-state index contributed by atoms with van der Waals surface area (Å²) < 4.78 is 10.7. The van der Waals surface area contributed by atoms with Crippen LogP contribution < -0.4 is 0 Å². The summed E-state index contributed by atoms with van der Waals surface area (Å²) in [6.07, 6.45) is 1.14. The maximum absolute atomic E-state index is 5.37. The summed E-state index contributed by atoms with van der Waals surface area (Å²) in [7, 11) is 0. The van der Waals surface area contributed by atoms with Gasteiger partial charge in [-0.1, -0.05) is 0 Å². The molecular weight excluding hydrogens is 166 g/mol. The third-order valence-corrected chi connectivity index (χ3v) is 2.44. The second kappa shape index (κ2) is 6.35. The molecule has 0 amide bonds. The van der Waals surface area contributed by atoms with Crippen molar-refractivity contribution >= 4 is 0 Å². The number of hydrogen-bond donors (Lipinski definition) is 0. The van der Waals surface area contributed by atoms with Crippen LogP contribution in [-0.2, 0) is 9.47 Å². The lowest BCUT2D eigenvalue weighted by molar-refractivity contribution is -0.00418. The zero-order chi connectivity index (χ0) is 9.52. The average Bonchev–Trinajstić information content (AvgIpc) is 2.15. The van der Waals surface area contributed by atoms with Gasteiger partial charge in [0.15, 0.2) is 0 Å². The van der Waals surface area contributed by atoms with Gasteiger partial charge >= 0.3 is 0 Å². The standard InChI is InChI=1S/C10H21NO2/c1-3-12-7-4-5-11-6-8-13-9-10(11)2/h10H,3-9H2,1-2H3. The van der Waals surface area contributed by atoms with Gasteiger partial charge in [0.1, 0.15) is 0 Å². The van der Waals surface area contributed by atoms with Gasteiger partial charge in [0.2, 0.25) is 0 Å². The average molecular weight is 187 g/mol. The van der Waals surface area contributed by atoms with Crippen LogP contribution in [0.15, 0.2) is 0 Å². The lowest BCUT2D eigenvalue weighted by Gasteiger charge is -2.33. The van der Waals surface area contributed by atoms with Gasteiger partial charge in [-0.15, -0.1) is 0 Å². The molecule has 78 valence electrons. The molecule has 0 N–H and O–H groups in total. The molecule has 0 aromatic heterocycles. The number of nitrogens with zero attached hydrogens (tertiary/aromatic N) is 1. The van der Waals surface area contributed by atoms with Gasteiger partial charge in [0.05, 0.1) is 13.2 Å². The lowest BCUT2D eigenvalue weighted by atomic mass is 10.2. The Bertz CT molecular complexity index is 130. The third-order valence-electron chi connectivity index (χ3n) is 2.44. The van der Waals surface area contributed by atoms with Crippen LogP contribution in [0.1, 0.15) is 20.3 Å². The van der Waals surface area contributed by atoms with E-state index in [1.54, 1.807) is 0 Å². The molecule has 13 heavy (non-hydrogen) atoms. The number of ether oxygens (including phenoxy) is 2. The van der Waals surface area contributed by atoms with E-state index in [4.69, 9.17) is 9.47 Å². The fourth-order valence-corrected chi connectivity index (χ4v) is 1.61. The van der Waals surface area contributed by atoms with Gasteiger partial charge in [-0.05, 0) is 20.3 Å². The Labute approximate surface area is 81.0 Å². The molecule has 1 saturated heterocycles. The first kappa shape index (κ1) is 11.0. The predicted molar refractivity (Wildman–Crippen MR) is 53.0 cm³/mol. The van der Waals surface area contributed by atoms with Crippen molar-refractivity contribution in [3.63, 3.8) is 0 Å². The van der Waals surface area contributed by atoms with Crippen LogP contribution in [0.2, 0.25) is 0 Å². The van der Waals surface area contributed by atoms with Crippen LogP contribution in [-0.4, -0.2) is 50.5 Å². The first-order valence-electron chi connectivity index (χ1n) is 5.24. The summed E-state index contributed by atoms with van der Waals surface area (Å²) in [5, 5.41) is 0. The fourth-order valence-electron chi connectivity index (χ4n) is 1.61. The molecule has 0 aromatic rings. The molecule has 1 fully saturated rings. The minimum atomic E-state index is 0.579. The maximum Gasteiger partial charge on any atom is 0.0619 e. The van der Waals surface area contributed by atoms with E-state index in [2.05, 4.69) is 11.8 Å². The Morgan fingerprint density at radius 2 is 2.38 bits per heavy atom. The van der Waals surface area contributed by atoms with E-state index in [0.29, 0.717) is 6.04 Å². The highest BCUT2D eigenvalue weighted by molar-refractivity contribution is 4.70. The van der Waals surface area contributed by atoms with Crippen molar-refractivity contribution in [3.05, 3.63) is 0 Å². The summed E-state index contributed by atoms with van der Waals surface area (Å²) in [5.74, 6) is 0. The summed E-state index contributed by atoms with van der Waals surface area (Å²) >= 11 is 0.